The first-order valence-electron chi connectivity index (χ1n) is 11.3. The van der Waals surface area contributed by atoms with Gasteiger partial charge in [0, 0.05) is 18.9 Å². The van der Waals surface area contributed by atoms with Gasteiger partial charge in [-0.25, -0.2) is 4.79 Å². The highest BCUT2D eigenvalue weighted by Gasteiger charge is 2.67. The third-order valence-corrected chi connectivity index (χ3v) is 7.90. The van der Waals surface area contributed by atoms with Crippen molar-refractivity contribution in [2.75, 3.05) is 14.2 Å². The number of esters is 1. The molecule has 0 radical (unpaired) electrons. The van der Waals surface area contributed by atoms with Crippen molar-refractivity contribution >= 4 is 11.7 Å². The van der Waals surface area contributed by atoms with E-state index >= 15 is 0 Å². The molecule has 2 aliphatic carbocycles. The summed E-state index contributed by atoms with van der Waals surface area (Å²) in [6.07, 6.45) is 1.04. The predicted octanol–water partition coefficient (Wildman–Crippen LogP) is 4.92. The Hall–Kier alpha value is -3.40. The number of methoxy groups -OCH3 is 1. The van der Waals surface area contributed by atoms with Crippen LogP contribution in [0.1, 0.15) is 40.5 Å². The van der Waals surface area contributed by atoms with Crippen LogP contribution in [0.2, 0.25) is 0 Å². The average molecular weight is 423 g/mol. The van der Waals surface area contributed by atoms with Crippen LogP contribution in [0.4, 0.5) is 0 Å². The van der Waals surface area contributed by atoms with Crippen LogP contribution in [0, 0.1) is 11.8 Å². The summed E-state index contributed by atoms with van der Waals surface area (Å²) in [6, 6.07) is 29.3. The Morgan fingerprint density at radius 2 is 1.50 bits per heavy atom. The molecule has 0 spiro atoms. The van der Waals surface area contributed by atoms with E-state index in [1.165, 1.54) is 18.2 Å². The van der Waals surface area contributed by atoms with E-state index in [-0.39, 0.29) is 23.7 Å². The number of fused-ring (bicyclic) bond motifs is 8. The minimum atomic E-state index is -0.966. The molecule has 6 rings (SSSR count). The highest BCUT2D eigenvalue weighted by molar-refractivity contribution is 6.05. The fourth-order valence-corrected chi connectivity index (χ4v) is 6.80. The molecule has 3 aromatic rings. The zero-order chi connectivity index (χ0) is 21.9. The zero-order valence-electron chi connectivity index (χ0n) is 18.3. The molecule has 0 saturated heterocycles. The molecule has 160 valence electrons. The summed E-state index contributed by atoms with van der Waals surface area (Å²) < 4.78 is 5.51. The molecule has 32 heavy (non-hydrogen) atoms. The Labute approximate surface area is 188 Å². The monoisotopic (exact) mass is 422 g/mol. The second kappa shape index (κ2) is 7.06. The molecule has 1 aliphatic heterocycles. The van der Waals surface area contributed by atoms with E-state index in [0.717, 1.165) is 23.3 Å². The SMILES string of the molecule is COC(=O)[C@]1(c2ccccc2)[C@@H]2[C@H](C(c3ccccc3)=NN1C)[C@@H]1C[C@H]2c2ccccc21. The summed E-state index contributed by atoms with van der Waals surface area (Å²) in [6.45, 7) is 0. The van der Waals surface area contributed by atoms with Gasteiger partial charge in [0.05, 0.1) is 12.8 Å². The molecule has 1 heterocycles. The molecule has 1 fully saturated rings. The molecule has 3 aliphatic rings. The molecule has 1 saturated carbocycles. The first-order valence-corrected chi connectivity index (χ1v) is 11.3. The Kier molecular flexibility index (Phi) is 4.26. The average Bonchev–Trinajstić information content (AvgIpc) is 3.42. The van der Waals surface area contributed by atoms with Crippen molar-refractivity contribution in [1.29, 1.82) is 0 Å². The third-order valence-electron chi connectivity index (χ3n) is 7.90. The minimum Gasteiger partial charge on any atom is -0.467 e. The Morgan fingerprint density at radius 3 is 2.16 bits per heavy atom. The molecular formula is C28H26N2O2. The highest BCUT2D eigenvalue weighted by Crippen LogP contribution is 2.67. The largest absolute Gasteiger partial charge is 0.467 e. The van der Waals surface area contributed by atoms with Gasteiger partial charge in [-0.05, 0) is 40.5 Å². The number of carbonyl (C=O) groups excluding carboxylic acids is 1. The molecule has 0 N–H and O–H groups in total. The van der Waals surface area contributed by atoms with Crippen molar-refractivity contribution in [2.24, 2.45) is 16.9 Å². The number of hydrazone groups is 1. The number of nitrogens with zero attached hydrogens (tertiary/aromatic N) is 2. The van der Waals surface area contributed by atoms with Gasteiger partial charge >= 0.3 is 5.97 Å². The van der Waals surface area contributed by atoms with Gasteiger partial charge < -0.3 is 4.74 Å². The van der Waals surface area contributed by atoms with Gasteiger partial charge in [0.15, 0.2) is 5.54 Å². The maximum atomic E-state index is 13.7. The van der Waals surface area contributed by atoms with Gasteiger partial charge in [0.2, 0.25) is 0 Å². The number of hydrogen-bond acceptors (Lipinski definition) is 4. The lowest BCUT2D eigenvalue weighted by molar-refractivity contribution is -0.162. The van der Waals surface area contributed by atoms with E-state index in [1.807, 2.05) is 48.5 Å². The Bertz CT molecular complexity index is 1210. The van der Waals surface area contributed by atoms with Crippen LogP contribution in [-0.4, -0.2) is 30.8 Å². The maximum Gasteiger partial charge on any atom is 0.338 e. The molecule has 0 aromatic heterocycles. The van der Waals surface area contributed by atoms with Crippen LogP contribution >= 0.6 is 0 Å². The smallest absolute Gasteiger partial charge is 0.338 e. The summed E-state index contributed by atoms with van der Waals surface area (Å²) in [7, 11) is 3.43. The minimum absolute atomic E-state index is 0.0370. The van der Waals surface area contributed by atoms with Crippen LogP contribution in [0.15, 0.2) is 90.0 Å². The number of hydrogen-bond donors (Lipinski definition) is 0. The maximum absolute atomic E-state index is 13.7. The molecule has 2 bridgehead atoms. The first-order chi connectivity index (χ1) is 15.7. The Balaban J connectivity index is 1.65. The van der Waals surface area contributed by atoms with Crippen molar-refractivity contribution in [3.63, 3.8) is 0 Å². The summed E-state index contributed by atoms with van der Waals surface area (Å²) in [4.78, 5) is 13.7. The molecule has 3 aromatic carbocycles. The van der Waals surface area contributed by atoms with E-state index in [2.05, 4.69) is 48.5 Å². The summed E-state index contributed by atoms with van der Waals surface area (Å²) in [5, 5.41) is 7.02. The highest BCUT2D eigenvalue weighted by atomic mass is 16.5. The molecule has 0 amide bonds. The van der Waals surface area contributed by atoms with Crippen molar-refractivity contribution in [2.45, 2.75) is 23.8 Å². The predicted molar refractivity (Wildman–Crippen MR) is 124 cm³/mol. The van der Waals surface area contributed by atoms with Crippen LogP contribution in [0.5, 0.6) is 0 Å². The van der Waals surface area contributed by atoms with E-state index in [0.29, 0.717) is 5.92 Å². The molecule has 0 unspecified atom stereocenters. The number of carbonyl (C=O) groups is 1. The number of rotatable bonds is 3. The fourth-order valence-electron chi connectivity index (χ4n) is 6.80. The second-order valence-corrected chi connectivity index (χ2v) is 9.13. The number of likely N-dealkylation sites (N-methyl/N-ethyl adjacent to an activating group) is 1. The number of benzene rings is 3. The van der Waals surface area contributed by atoms with Crippen molar-refractivity contribution in [1.82, 2.24) is 5.01 Å². The molecule has 4 heteroatoms. The summed E-state index contributed by atoms with van der Waals surface area (Å²) >= 11 is 0. The van der Waals surface area contributed by atoms with Gasteiger partial charge in [-0.15, -0.1) is 0 Å². The summed E-state index contributed by atoms with van der Waals surface area (Å²) in [5.74, 6) is 0.573. The van der Waals surface area contributed by atoms with E-state index < -0.39 is 5.54 Å². The van der Waals surface area contributed by atoms with Crippen LogP contribution in [-0.2, 0) is 15.1 Å². The van der Waals surface area contributed by atoms with Gasteiger partial charge in [-0.3, -0.25) is 5.01 Å². The second-order valence-electron chi connectivity index (χ2n) is 9.13. The Morgan fingerprint density at radius 1 is 0.906 bits per heavy atom. The van der Waals surface area contributed by atoms with Gasteiger partial charge in [0.1, 0.15) is 0 Å². The third kappa shape index (κ3) is 2.38. The standard InChI is InChI=1S/C28H26N2O2/c1-30-28(27(31)32-2,19-13-7-4-8-14-19)25-23-17-22(20-15-9-10-16-21(20)23)24(25)26(29-30)18-11-5-3-6-12-18/h3-16,22-25H,17H2,1-2H3/t22-,23+,24-,25+,28+/m1/s1. The molecule has 4 nitrogen and oxygen atoms in total. The lowest BCUT2D eigenvalue weighted by Crippen LogP contribution is -2.61. The van der Waals surface area contributed by atoms with Crippen molar-refractivity contribution in [3.05, 3.63) is 107 Å². The van der Waals surface area contributed by atoms with Gasteiger partial charge in [-0.1, -0.05) is 84.9 Å². The van der Waals surface area contributed by atoms with Crippen molar-refractivity contribution < 1.29 is 9.53 Å². The van der Waals surface area contributed by atoms with E-state index in [1.54, 1.807) is 0 Å². The normalized spacial score (nSPS) is 29.8. The quantitative estimate of drug-likeness (QED) is 0.563. The lowest BCUT2D eigenvalue weighted by Gasteiger charge is -2.52. The zero-order valence-corrected chi connectivity index (χ0v) is 18.3. The summed E-state index contributed by atoms with van der Waals surface area (Å²) in [5.41, 5.74) is 4.99. The van der Waals surface area contributed by atoms with Crippen molar-refractivity contribution in [3.8, 4) is 0 Å². The van der Waals surface area contributed by atoms with Crippen LogP contribution < -0.4 is 0 Å². The molecule has 5 atom stereocenters. The lowest BCUT2D eigenvalue weighted by atomic mass is 9.61. The van der Waals surface area contributed by atoms with E-state index in [4.69, 9.17) is 9.84 Å². The number of ether oxygens (including phenoxy) is 1. The van der Waals surface area contributed by atoms with E-state index in [9.17, 15) is 4.79 Å². The molecular weight excluding hydrogens is 396 g/mol. The van der Waals surface area contributed by atoms with Crippen LogP contribution in [0.3, 0.4) is 0 Å². The fraction of sp³-hybridized carbons (Fsp3) is 0.286. The van der Waals surface area contributed by atoms with Crippen LogP contribution in [0.25, 0.3) is 0 Å². The van der Waals surface area contributed by atoms with Gasteiger partial charge in [-0.2, -0.15) is 5.10 Å². The topological polar surface area (TPSA) is 41.9 Å². The first kappa shape index (κ1) is 19.3. The van der Waals surface area contributed by atoms with Gasteiger partial charge in [0.25, 0.3) is 0 Å².